The van der Waals surface area contributed by atoms with E-state index in [1.165, 1.54) is 7.05 Å². The fourth-order valence-corrected chi connectivity index (χ4v) is 0.229. The molecule has 1 N–H and O–H groups in total. The van der Waals surface area contributed by atoms with Crippen LogP contribution < -0.4 is 56.7 Å². The Morgan fingerprint density at radius 3 is 2.60 bits per heavy atom. The maximum atomic E-state index is 10.3. The van der Waals surface area contributed by atoms with Crippen molar-refractivity contribution < 1.29 is 61.0 Å². The second-order valence-corrected chi connectivity index (χ2v) is 1.18. The number of nitrogens with zero attached hydrogens (tertiary/aromatic N) is 1. The number of carbonyl (C=O) groups excluding carboxylic acids is 2. The van der Waals surface area contributed by atoms with E-state index < -0.39 is 0 Å². The van der Waals surface area contributed by atoms with Gasteiger partial charge in [-0.15, -0.1) is 0 Å². The first kappa shape index (κ1) is 12.9. The third-order valence-corrected chi connectivity index (χ3v) is 0.619. The van der Waals surface area contributed by atoms with Crippen molar-refractivity contribution in [3.63, 3.8) is 0 Å². The maximum absolute atomic E-state index is 10.3. The summed E-state index contributed by atoms with van der Waals surface area (Å²) in [5, 5.41) is 5.46. The number of hydrogen-bond acceptors (Lipinski definition) is 2. The van der Waals surface area contributed by atoms with Gasteiger partial charge in [0, 0.05) is 13.5 Å². The van der Waals surface area contributed by atoms with Gasteiger partial charge < -0.3 is 15.4 Å². The van der Waals surface area contributed by atoms with Gasteiger partial charge in [0.15, 0.2) is 0 Å². The van der Waals surface area contributed by atoms with E-state index in [4.69, 9.17) is 0 Å². The summed E-state index contributed by atoms with van der Waals surface area (Å²) >= 11 is 0. The Hall–Kier alpha value is 0.316. The Balaban J connectivity index is 0. The second kappa shape index (κ2) is 9.32. The van der Waals surface area contributed by atoms with Gasteiger partial charge in [0.2, 0.25) is 5.91 Å². The molecule has 0 unspecified atom stereocenters. The third kappa shape index (κ3) is 8.32. The van der Waals surface area contributed by atoms with Crippen molar-refractivity contribution in [2.45, 2.75) is 0 Å². The zero-order valence-corrected chi connectivity index (χ0v) is 9.12. The van der Waals surface area contributed by atoms with E-state index in [-0.39, 0.29) is 57.3 Å². The third-order valence-electron chi connectivity index (χ3n) is 0.619. The number of amides is 2. The molecule has 0 aliphatic rings. The van der Waals surface area contributed by atoms with E-state index in [1.54, 1.807) is 0 Å². The normalized spacial score (nSPS) is 8.10. The van der Waals surface area contributed by atoms with Crippen molar-refractivity contribution in [3.8, 4) is 0 Å². The Kier molecular flexibility index (Phi) is 12.1. The first-order valence-corrected chi connectivity index (χ1v) is 2.33. The number of carbonyl (C=O) groups is 2. The van der Waals surface area contributed by atoms with Crippen LogP contribution in [0.15, 0.2) is 12.3 Å². The summed E-state index contributed by atoms with van der Waals surface area (Å²) in [6.45, 7) is 0. The van der Waals surface area contributed by atoms with Crippen molar-refractivity contribution in [1.29, 1.82) is 0 Å². The molecule has 0 aliphatic carbocycles. The minimum absolute atomic E-state index is 0. The molecule has 50 valence electrons. The van der Waals surface area contributed by atoms with Crippen LogP contribution in [0.5, 0.6) is 0 Å². The molecule has 4 nitrogen and oxygen atoms in total. The molecule has 0 aromatic carbocycles. The van der Waals surface area contributed by atoms with Crippen LogP contribution >= 0.6 is 0 Å². The average Bonchev–Trinajstić information content (AvgIpc) is 1.89. The van der Waals surface area contributed by atoms with E-state index >= 15 is 0 Å². The van der Waals surface area contributed by atoms with Gasteiger partial charge in [-0.05, 0) is 6.08 Å². The van der Waals surface area contributed by atoms with Gasteiger partial charge in [-0.3, -0.25) is 4.79 Å². The Morgan fingerprint density at radius 2 is 2.20 bits per heavy atom. The first-order chi connectivity index (χ1) is 4.31. The van der Waals surface area contributed by atoms with Gasteiger partial charge in [-0.25, -0.2) is 0 Å². The minimum atomic E-state index is -0.277. The van der Waals surface area contributed by atoms with Crippen LogP contribution in [0.2, 0.25) is 0 Å². The van der Waals surface area contributed by atoms with E-state index in [9.17, 15) is 9.59 Å². The van der Waals surface area contributed by atoms with Crippen molar-refractivity contribution in [2.75, 3.05) is 7.05 Å². The van der Waals surface area contributed by atoms with Gasteiger partial charge >= 0.3 is 51.4 Å². The number of hydrogen-bond donors (Lipinski definition) is 1. The van der Waals surface area contributed by atoms with Crippen LogP contribution in [0, 0.1) is 0 Å². The zero-order chi connectivity index (χ0) is 7.11. The molecule has 0 radical (unpaired) electrons. The van der Waals surface area contributed by atoms with Crippen LogP contribution in [0.1, 0.15) is 0 Å². The predicted octanol–water partition coefficient (Wildman–Crippen LogP) is -3.22. The molecule has 0 aliphatic heterocycles. The SMILES string of the molecule is CNC(=O)/C=C\[N-]C=O.[K+]. The van der Waals surface area contributed by atoms with Gasteiger partial charge in [-0.2, -0.15) is 6.20 Å². The molecule has 5 heteroatoms. The van der Waals surface area contributed by atoms with Crippen molar-refractivity contribution in [2.24, 2.45) is 0 Å². The van der Waals surface area contributed by atoms with E-state index in [1.807, 2.05) is 0 Å². The second-order valence-electron chi connectivity index (χ2n) is 1.18. The van der Waals surface area contributed by atoms with Gasteiger partial charge in [0.25, 0.3) is 0 Å². The molecule has 2 amide bonds. The van der Waals surface area contributed by atoms with E-state index in [0.717, 1.165) is 12.3 Å². The summed E-state index contributed by atoms with van der Waals surface area (Å²) in [6, 6.07) is 0. The van der Waals surface area contributed by atoms with Crippen LogP contribution in [-0.4, -0.2) is 19.4 Å². The summed E-state index contributed by atoms with van der Waals surface area (Å²) in [5.74, 6) is -0.277. The van der Waals surface area contributed by atoms with E-state index in [2.05, 4.69) is 10.6 Å². The molecule has 0 atom stereocenters. The van der Waals surface area contributed by atoms with Crippen molar-refractivity contribution in [1.82, 2.24) is 5.32 Å². The molecular weight excluding hydrogens is 159 g/mol. The predicted molar refractivity (Wildman–Crippen MR) is 32.6 cm³/mol. The summed E-state index contributed by atoms with van der Waals surface area (Å²) in [7, 11) is 1.49. The molecular formula is C5H7KN2O2. The molecule has 0 spiro atoms. The summed E-state index contributed by atoms with van der Waals surface area (Å²) < 4.78 is 0. The molecule has 0 saturated carbocycles. The van der Waals surface area contributed by atoms with Gasteiger partial charge in [0.1, 0.15) is 0 Å². The Labute approximate surface area is 102 Å². The largest absolute Gasteiger partial charge is 1.00 e. The maximum Gasteiger partial charge on any atom is 1.00 e. The van der Waals surface area contributed by atoms with Crippen molar-refractivity contribution in [3.05, 3.63) is 17.6 Å². The number of rotatable bonds is 3. The zero-order valence-electron chi connectivity index (χ0n) is 6.00. The molecule has 10 heavy (non-hydrogen) atoms. The molecule has 0 fully saturated rings. The monoisotopic (exact) mass is 166 g/mol. The smallest absolute Gasteiger partial charge is 0.636 e. The van der Waals surface area contributed by atoms with Crippen molar-refractivity contribution >= 4 is 12.3 Å². The summed E-state index contributed by atoms with van der Waals surface area (Å²) in [4.78, 5) is 19.8. The Bertz CT molecular complexity index is 136. The average molecular weight is 166 g/mol. The molecule has 0 rings (SSSR count). The topological polar surface area (TPSA) is 60.3 Å². The van der Waals surface area contributed by atoms with Crippen LogP contribution in [0.25, 0.3) is 5.32 Å². The quantitative estimate of drug-likeness (QED) is 0.272. The summed E-state index contributed by atoms with van der Waals surface area (Å²) in [5.41, 5.74) is 0. The molecule has 0 bridgehead atoms. The van der Waals surface area contributed by atoms with E-state index in [0.29, 0.717) is 6.41 Å². The molecule has 0 aromatic rings. The van der Waals surface area contributed by atoms with Gasteiger partial charge in [-0.1, -0.05) is 0 Å². The molecule has 0 saturated heterocycles. The standard InChI is InChI=1S/C5H8N2O2.K/c1-6-5(9)2-3-7-4-8;/h2-4H,1H3,(H2,6,7,8,9);/q;+1/p-1. The fourth-order valence-electron chi connectivity index (χ4n) is 0.229. The summed E-state index contributed by atoms with van der Waals surface area (Å²) in [6.07, 6.45) is 2.65. The molecule has 0 aromatic heterocycles. The Morgan fingerprint density at radius 1 is 1.60 bits per heavy atom. The van der Waals surface area contributed by atoms with Crippen LogP contribution in [-0.2, 0) is 9.59 Å². The number of nitrogens with one attached hydrogen (secondary N) is 1. The fraction of sp³-hybridized carbons (Fsp3) is 0.200. The molecule has 0 heterocycles. The van der Waals surface area contributed by atoms with Gasteiger partial charge in [0.05, 0.1) is 0 Å². The number of likely N-dealkylation sites (N-methyl/N-ethyl adjacent to an activating group) is 1. The first-order valence-electron chi connectivity index (χ1n) is 2.33. The minimum Gasteiger partial charge on any atom is -0.636 e. The van der Waals surface area contributed by atoms with Crippen LogP contribution in [0.3, 0.4) is 0 Å². The van der Waals surface area contributed by atoms with Crippen LogP contribution in [0.4, 0.5) is 0 Å².